The number of benzene rings is 1. The predicted molar refractivity (Wildman–Crippen MR) is 76.6 cm³/mol. The first-order chi connectivity index (χ1) is 9.15. The Labute approximate surface area is 115 Å². The van der Waals surface area contributed by atoms with E-state index in [0.29, 0.717) is 31.4 Å². The standard InChI is InChI=1S/C15H25NO3/c1-4-19-14-7-5-6-13(15(14)17)10-16-8-9-18-11-12(2)3/h5-7,12,16-17H,4,8-11H2,1-3H3. The molecule has 0 atom stereocenters. The van der Waals surface area contributed by atoms with Crippen molar-refractivity contribution >= 4 is 0 Å². The number of ether oxygens (including phenoxy) is 2. The van der Waals surface area contributed by atoms with Crippen molar-refractivity contribution in [2.75, 3.05) is 26.4 Å². The van der Waals surface area contributed by atoms with Crippen molar-refractivity contribution in [2.24, 2.45) is 5.92 Å². The molecular formula is C15H25NO3. The first-order valence-corrected chi connectivity index (χ1v) is 6.87. The van der Waals surface area contributed by atoms with Gasteiger partial charge in [0.15, 0.2) is 11.5 Å². The maximum atomic E-state index is 10.00. The highest BCUT2D eigenvalue weighted by Crippen LogP contribution is 2.29. The van der Waals surface area contributed by atoms with E-state index >= 15 is 0 Å². The molecule has 1 aromatic rings. The lowest BCUT2D eigenvalue weighted by Gasteiger charge is -2.11. The molecule has 2 N–H and O–H groups in total. The zero-order valence-corrected chi connectivity index (χ0v) is 12.1. The van der Waals surface area contributed by atoms with Crippen molar-refractivity contribution in [1.82, 2.24) is 5.32 Å². The Morgan fingerprint density at radius 3 is 2.79 bits per heavy atom. The fraction of sp³-hybridized carbons (Fsp3) is 0.600. The third kappa shape index (κ3) is 5.94. The van der Waals surface area contributed by atoms with E-state index in [0.717, 1.165) is 18.7 Å². The second-order valence-corrected chi connectivity index (χ2v) is 4.84. The third-order valence-corrected chi connectivity index (χ3v) is 2.57. The van der Waals surface area contributed by atoms with E-state index in [1.807, 2.05) is 19.1 Å². The van der Waals surface area contributed by atoms with E-state index in [-0.39, 0.29) is 5.75 Å². The minimum Gasteiger partial charge on any atom is -0.504 e. The molecule has 19 heavy (non-hydrogen) atoms. The lowest BCUT2D eigenvalue weighted by molar-refractivity contribution is 0.111. The Hall–Kier alpha value is -1.26. The van der Waals surface area contributed by atoms with Crippen LogP contribution in [0.3, 0.4) is 0 Å². The SMILES string of the molecule is CCOc1cccc(CNCCOCC(C)C)c1O. The molecule has 0 aliphatic rings. The monoisotopic (exact) mass is 267 g/mol. The molecule has 0 aromatic heterocycles. The van der Waals surface area contributed by atoms with Gasteiger partial charge in [-0.05, 0) is 18.9 Å². The summed E-state index contributed by atoms with van der Waals surface area (Å²) in [6.45, 7) is 9.55. The molecular weight excluding hydrogens is 242 g/mol. The van der Waals surface area contributed by atoms with Gasteiger partial charge in [-0.2, -0.15) is 0 Å². The van der Waals surface area contributed by atoms with Crippen LogP contribution in [0.25, 0.3) is 0 Å². The zero-order valence-electron chi connectivity index (χ0n) is 12.1. The van der Waals surface area contributed by atoms with Crippen LogP contribution in [-0.2, 0) is 11.3 Å². The van der Waals surface area contributed by atoms with Crippen LogP contribution < -0.4 is 10.1 Å². The van der Waals surface area contributed by atoms with Crippen molar-refractivity contribution in [3.05, 3.63) is 23.8 Å². The molecule has 0 aliphatic carbocycles. The van der Waals surface area contributed by atoms with Gasteiger partial charge in [-0.25, -0.2) is 0 Å². The van der Waals surface area contributed by atoms with E-state index in [2.05, 4.69) is 19.2 Å². The van der Waals surface area contributed by atoms with Crippen molar-refractivity contribution in [1.29, 1.82) is 0 Å². The van der Waals surface area contributed by atoms with Crippen LogP contribution in [0.2, 0.25) is 0 Å². The van der Waals surface area contributed by atoms with Gasteiger partial charge >= 0.3 is 0 Å². The average molecular weight is 267 g/mol. The van der Waals surface area contributed by atoms with Crippen molar-refractivity contribution < 1.29 is 14.6 Å². The topological polar surface area (TPSA) is 50.7 Å². The van der Waals surface area contributed by atoms with E-state index < -0.39 is 0 Å². The largest absolute Gasteiger partial charge is 0.504 e. The van der Waals surface area contributed by atoms with Gasteiger partial charge in [-0.15, -0.1) is 0 Å². The van der Waals surface area contributed by atoms with Gasteiger partial charge in [0.25, 0.3) is 0 Å². The number of nitrogens with one attached hydrogen (secondary N) is 1. The number of hydrogen-bond acceptors (Lipinski definition) is 4. The van der Waals surface area contributed by atoms with Gasteiger partial charge in [0.1, 0.15) is 0 Å². The summed E-state index contributed by atoms with van der Waals surface area (Å²) in [7, 11) is 0. The highest BCUT2D eigenvalue weighted by atomic mass is 16.5. The Bertz CT molecular complexity index is 366. The lowest BCUT2D eigenvalue weighted by Crippen LogP contribution is -2.20. The fourth-order valence-corrected chi connectivity index (χ4v) is 1.67. The molecule has 0 aliphatic heterocycles. The summed E-state index contributed by atoms with van der Waals surface area (Å²) in [5.74, 6) is 1.32. The molecule has 0 fully saturated rings. The molecule has 0 radical (unpaired) electrons. The second kappa shape index (κ2) is 8.77. The minimum atomic E-state index is 0.222. The Morgan fingerprint density at radius 2 is 2.11 bits per heavy atom. The summed E-state index contributed by atoms with van der Waals surface area (Å²) >= 11 is 0. The molecule has 0 saturated carbocycles. The van der Waals surface area contributed by atoms with Crippen LogP contribution in [0.4, 0.5) is 0 Å². The molecule has 0 bridgehead atoms. The molecule has 0 spiro atoms. The van der Waals surface area contributed by atoms with Crippen molar-refractivity contribution in [3.8, 4) is 11.5 Å². The number of phenols is 1. The average Bonchev–Trinajstić information content (AvgIpc) is 2.37. The normalized spacial score (nSPS) is 10.9. The van der Waals surface area contributed by atoms with Crippen molar-refractivity contribution in [2.45, 2.75) is 27.3 Å². The summed E-state index contributed by atoms with van der Waals surface area (Å²) in [5, 5.41) is 13.2. The quantitative estimate of drug-likeness (QED) is 0.675. The predicted octanol–water partition coefficient (Wildman–Crippen LogP) is 2.55. The van der Waals surface area contributed by atoms with Crippen LogP contribution >= 0.6 is 0 Å². The molecule has 0 unspecified atom stereocenters. The molecule has 4 nitrogen and oxygen atoms in total. The van der Waals surface area contributed by atoms with E-state index in [9.17, 15) is 5.11 Å². The number of hydrogen-bond donors (Lipinski definition) is 2. The van der Waals surface area contributed by atoms with E-state index in [1.165, 1.54) is 0 Å². The van der Waals surface area contributed by atoms with Gasteiger partial charge in [-0.3, -0.25) is 0 Å². The fourth-order valence-electron chi connectivity index (χ4n) is 1.67. The molecule has 4 heteroatoms. The first-order valence-electron chi connectivity index (χ1n) is 6.87. The number of aromatic hydroxyl groups is 1. The molecule has 1 rings (SSSR count). The van der Waals surface area contributed by atoms with Gasteiger partial charge in [0, 0.05) is 25.3 Å². The van der Waals surface area contributed by atoms with E-state index in [1.54, 1.807) is 6.07 Å². The zero-order chi connectivity index (χ0) is 14.1. The third-order valence-electron chi connectivity index (χ3n) is 2.57. The summed E-state index contributed by atoms with van der Waals surface area (Å²) in [4.78, 5) is 0. The van der Waals surface area contributed by atoms with Crippen molar-refractivity contribution in [3.63, 3.8) is 0 Å². The van der Waals surface area contributed by atoms with Gasteiger partial charge in [-0.1, -0.05) is 26.0 Å². The van der Waals surface area contributed by atoms with Crippen LogP contribution in [-0.4, -0.2) is 31.5 Å². The molecule has 108 valence electrons. The number of para-hydroxylation sites is 1. The number of phenolic OH excluding ortho intramolecular Hbond substituents is 1. The highest BCUT2D eigenvalue weighted by Gasteiger charge is 2.06. The molecule has 1 aromatic carbocycles. The Morgan fingerprint density at radius 1 is 1.32 bits per heavy atom. The highest BCUT2D eigenvalue weighted by molar-refractivity contribution is 5.45. The number of rotatable bonds is 9. The Kier molecular flexibility index (Phi) is 7.30. The van der Waals surface area contributed by atoms with Crippen LogP contribution in [0, 0.1) is 5.92 Å². The molecule has 0 heterocycles. The van der Waals surface area contributed by atoms with Gasteiger partial charge in [0.2, 0.25) is 0 Å². The Balaban J connectivity index is 2.31. The van der Waals surface area contributed by atoms with Crippen LogP contribution in [0.5, 0.6) is 11.5 Å². The van der Waals surface area contributed by atoms with Crippen LogP contribution in [0.1, 0.15) is 26.3 Å². The molecule has 0 amide bonds. The summed E-state index contributed by atoms with van der Waals surface area (Å²) < 4.78 is 10.8. The smallest absolute Gasteiger partial charge is 0.162 e. The maximum absolute atomic E-state index is 10.00. The van der Waals surface area contributed by atoms with Gasteiger partial charge in [0.05, 0.1) is 13.2 Å². The van der Waals surface area contributed by atoms with Gasteiger partial charge < -0.3 is 19.9 Å². The van der Waals surface area contributed by atoms with Crippen LogP contribution in [0.15, 0.2) is 18.2 Å². The first kappa shape index (κ1) is 15.8. The lowest BCUT2D eigenvalue weighted by atomic mass is 10.2. The minimum absolute atomic E-state index is 0.222. The van der Waals surface area contributed by atoms with E-state index in [4.69, 9.17) is 9.47 Å². The second-order valence-electron chi connectivity index (χ2n) is 4.84. The summed E-state index contributed by atoms with van der Waals surface area (Å²) in [5.41, 5.74) is 0.842. The summed E-state index contributed by atoms with van der Waals surface area (Å²) in [6.07, 6.45) is 0. The maximum Gasteiger partial charge on any atom is 0.162 e. The summed E-state index contributed by atoms with van der Waals surface area (Å²) in [6, 6.07) is 5.55. The molecule has 0 saturated heterocycles.